The molecule has 1 fully saturated rings. The Labute approximate surface area is 102 Å². The summed E-state index contributed by atoms with van der Waals surface area (Å²) in [6.07, 6.45) is 4.72. The summed E-state index contributed by atoms with van der Waals surface area (Å²) >= 11 is 0. The maximum absolute atomic E-state index is 13.2. The van der Waals surface area contributed by atoms with Gasteiger partial charge >= 0.3 is 0 Å². The maximum atomic E-state index is 13.2. The van der Waals surface area contributed by atoms with Crippen LogP contribution in [0, 0.1) is 5.82 Å². The lowest BCUT2D eigenvalue weighted by Gasteiger charge is -2.25. The van der Waals surface area contributed by atoms with Crippen molar-refractivity contribution < 1.29 is 9.13 Å². The van der Waals surface area contributed by atoms with Crippen molar-refractivity contribution in [3.63, 3.8) is 0 Å². The van der Waals surface area contributed by atoms with Crippen LogP contribution < -0.4 is 5.73 Å². The molecule has 1 aromatic carbocycles. The second kappa shape index (κ2) is 5.61. The van der Waals surface area contributed by atoms with E-state index in [1.807, 2.05) is 13.0 Å². The normalized spacial score (nSPS) is 20.4. The highest BCUT2D eigenvalue weighted by atomic mass is 19.1. The standard InChI is InChI=1S/C14H20FNO/c1-10(16)14(17-13-7-2-3-8-13)11-5-4-6-12(15)9-11/h4-6,9-10,13-14H,2-3,7-8,16H2,1H3. The minimum Gasteiger partial charge on any atom is -0.369 e. The number of hydrogen-bond acceptors (Lipinski definition) is 2. The Bertz CT molecular complexity index is 361. The fraction of sp³-hybridized carbons (Fsp3) is 0.571. The van der Waals surface area contributed by atoms with Crippen LogP contribution in [-0.2, 0) is 4.74 Å². The fourth-order valence-corrected chi connectivity index (χ4v) is 2.42. The summed E-state index contributed by atoms with van der Waals surface area (Å²) in [4.78, 5) is 0. The van der Waals surface area contributed by atoms with Crippen molar-refractivity contribution in [2.45, 2.75) is 50.9 Å². The quantitative estimate of drug-likeness (QED) is 0.873. The largest absolute Gasteiger partial charge is 0.369 e. The maximum Gasteiger partial charge on any atom is 0.123 e. The van der Waals surface area contributed by atoms with E-state index in [1.54, 1.807) is 6.07 Å². The highest BCUT2D eigenvalue weighted by Crippen LogP contribution is 2.29. The molecule has 0 radical (unpaired) electrons. The SMILES string of the molecule is CC(N)C(OC1CCCC1)c1cccc(F)c1. The van der Waals surface area contributed by atoms with Gasteiger partial charge in [0.25, 0.3) is 0 Å². The van der Waals surface area contributed by atoms with Gasteiger partial charge in [0, 0.05) is 6.04 Å². The van der Waals surface area contributed by atoms with Crippen LogP contribution in [0.25, 0.3) is 0 Å². The van der Waals surface area contributed by atoms with Crippen LogP contribution in [0.3, 0.4) is 0 Å². The highest BCUT2D eigenvalue weighted by Gasteiger charge is 2.24. The van der Waals surface area contributed by atoms with Crippen molar-refractivity contribution in [3.05, 3.63) is 35.6 Å². The summed E-state index contributed by atoms with van der Waals surface area (Å²) in [6, 6.07) is 6.42. The van der Waals surface area contributed by atoms with Gasteiger partial charge in [-0.05, 0) is 37.5 Å². The van der Waals surface area contributed by atoms with Gasteiger partial charge in [-0.15, -0.1) is 0 Å². The van der Waals surface area contributed by atoms with Crippen LogP contribution in [0.5, 0.6) is 0 Å². The number of nitrogens with two attached hydrogens (primary N) is 1. The lowest BCUT2D eigenvalue weighted by atomic mass is 10.0. The summed E-state index contributed by atoms with van der Waals surface area (Å²) in [7, 11) is 0. The average Bonchev–Trinajstić information content (AvgIpc) is 2.78. The van der Waals surface area contributed by atoms with E-state index in [-0.39, 0.29) is 24.1 Å². The van der Waals surface area contributed by atoms with Gasteiger partial charge in [0.15, 0.2) is 0 Å². The van der Waals surface area contributed by atoms with Gasteiger partial charge in [0.05, 0.1) is 12.2 Å². The highest BCUT2D eigenvalue weighted by molar-refractivity contribution is 5.20. The molecule has 94 valence electrons. The van der Waals surface area contributed by atoms with E-state index in [0.717, 1.165) is 18.4 Å². The zero-order valence-corrected chi connectivity index (χ0v) is 10.2. The Morgan fingerprint density at radius 2 is 2.06 bits per heavy atom. The smallest absolute Gasteiger partial charge is 0.123 e. The molecule has 1 saturated carbocycles. The number of ether oxygens (including phenoxy) is 1. The monoisotopic (exact) mass is 237 g/mol. The lowest BCUT2D eigenvalue weighted by molar-refractivity contribution is -0.0203. The van der Waals surface area contributed by atoms with Crippen LogP contribution in [0.4, 0.5) is 4.39 Å². The van der Waals surface area contributed by atoms with Gasteiger partial charge in [-0.25, -0.2) is 4.39 Å². The third-order valence-electron chi connectivity index (χ3n) is 3.30. The van der Waals surface area contributed by atoms with Crippen molar-refractivity contribution in [2.75, 3.05) is 0 Å². The molecule has 1 aliphatic carbocycles. The average molecular weight is 237 g/mol. The molecule has 0 spiro atoms. The van der Waals surface area contributed by atoms with E-state index < -0.39 is 0 Å². The topological polar surface area (TPSA) is 35.2 Å². The zero-order valence-electron chi connectivity index (χ0n) is 10.2. The Hall–Kier alpha value is -0.930. The van der Waals surface area contributed by atoms with Gasteiger partial charge < -0.3 is 10.5 Å². The van der Waals surface area contributed by atoms with E-state index in [1.165, 1.54) is 25.0 Å². The first kappa shape index (κ1) is 12.5. The van der Waals surface area contributed by atoms with E-state index in [0.29, 0.717) is 0 Å². The van der Waals surface area contributed by atoms with Crippen LogP contribution in [0.2, 0.25) is 0 Å². The summed E-state index contributed by atoms with van der Waals surface area (Å²) in [5.74, 6) is -0.233. The second-order valence-corrected chi connectivity index (χ2v) is 4.88. The Morgan fingerprint density at radius 1 is 1.35 bits per heavy atom. The molecular formula is C14H20FNO. The lowest BCUT2D eigenvalue weighted by Crippen LogP contribution is -2.29. The molecule has 1 aliphatic rings. The molecule has 3 heteroatoms. The van der Waals surface area contributed by atoms with Crippen LogP contribution in [-0.4, -0.2) is 12.1 Å². The molecule has 2 nitrogen and oxygen atoms in total. The Morgan fingerprint density at radius 3 is 2.65 bits per heavy atom. The third kappa shape index (κ3) is 3.27. The molecule has 2 atom stereocenters. The van der Waals surface area contributed by atoms with Crippen molar-refractivity contribution in [2.24, 2.45) is 5.73 Å². The van der Waals surface area contributed by atoms with E-state index in [9.17, 15) is 4.39 Å². The van der Waals surface area contributed by atoms with Gasteiger partial charge in [-0.2, -0.15) is 0 Å². The number of rotatable bonds is 4. The Balaban J connectivity index is 2.10. The molecular weight excluding hydrogens is 217 g/mol. The van der Waals surface area contributed by atoms with Crippen LogP contribution >= 0.6 is 0 Å². The third-order valence-corrected chi connectivity index (χ3v) is 3.30. The van der Waals surface area contributed by atoms with E-state index in [4.69, 9.17) is 10.5 Å². The second-order valence-electron chi connectivity index (χ2n) is 4.88. The number of halogens is 1. The van der Waals surface area contributed by atoms with Crippen molar-refractivity contribution >= 4 is 0 Å². The van der Waals surface area contributed by atoms with Gasteiger partial charge in [-0.3, -0.25) is 0 Å². The van der Waals surface area contributed by atoms with E-state index >= 15 is 0 Å². The zero-order chi connectivity index (χ0) is 12.3. The van der Waals surface area contributed by atoms with Crippen molar-refractivity contribution in [3.8, 4) is 0 Å². The molecule has 0 saturated heterocycles. The first-order valence-electron chi connectivity index (χ1n) is 6.33. The minimum absolute atomic E-state index is 0.127. The fourth-order valence-electron chi connectivity index (χ4n) is 2.42. The molecule has 2 N–H and O–H groups in total. The first-order chi connectivity index (χ1) is 8.16. The summed E-state index contributed by atoms with van der Waals surface area (Å²) in [5, 5.41) is 0. The van der Waals surface area contributed by atoms with Crippen LogP contribution in [0.1, 0.15) is 44.3 Å². The molecule has 2 unspecified atom stereocenters. The summed E-state index contributed by atoms with van der Waals surface area (Å²) < 4.78 is 19.2. The van der Waals surface area contributed by atoms with Crippen molar-refractivity contribution in [1.29, 1.82) is 0 Å². The van der Waals surface area contributed by atoms with Crippen molar-refractivity contribution in [1.82, 2.24) is 0 Å². The molecule has 0 amide bonds. The van der Waals surface area contributed by atoms with E-state index in [2.05, 4.69) is 0 Å². The van der Waals surface area contributed by atoms with Gasteiger partial charge in [-0.1, -0.05) is 25.0 Å². The molecule has 0 aliphatic heterocycles. The molecule has 0 heterocycles. The summed E-state index contributed by atoms with van der Waals surface area (Å²) in [6.45, 7) is 1.91. The molecule has 1 aromatic rings. The predicted octanol–water partition coefficient (Wildman–Crippen LogP) is 3.17. The number of hydrogen-bond donors (Lipinski definition) is 1. The van der Waals surface area contributed by atoms with Crippen LogP contribution in [0.15, 0.2) is 24.3 Å². The van der Waals surface area contributed by atoms with Gasteiger partial charge in [0.2, 0.25) is 0 Å². The molecule has 17 heavy (non-hydrogen) atoms. The minimum atomic E-state index is -0.233. The first-order valence-corrected chi connectivity index (χ1v) is 6.33. The Kier molecular flexibility index (Phi) is 4.13. The molecule has 0 bridgehead atoms. The molecule has 2 rings (SSSR count). The summed E-state index contributed by atoms with van der Waals surface area (Å²) in [5.41, 5.74) is 6.79. The predicted molar refractivity (Wildman–Crippen MR) is 66.1 cm³/mol. The number of benzene rings is 1. The molecule has 0 aromatic heterocycles. The van der Waals surface area contributed by atoms with Gasteiger partial charge in [0.1, 0.15) is 5.82 Å².